The number of aliphatic hydroxyl groups excluding tert-OH is 1. The number of amides is 3. The molecular weight excluding hydrogens is 403 g/mol. The van der Waals surface area contributed by atoms with Crippen LogP contribution in [0.2, 0.25) is 10.3 Å². The molecule has 1 aromatic carbocycles. The average Bonchev–Trinajstić information content (AvgIpc) is 3.07. The second kappa shape index (κ2) is 6.74. The number of imide groups is 1. The number of aliphatic hydroxyl groups is 1. The lowest BCUT2D eigenvalue weighted by atomic mass is 9.87. The number of nitriles is 1. The number of fused-ring (bicyclic) bond motifs is 1. The summed E-state index contributed by atoms with van der Waals surface area (Å²) in [6, 6.07) is 11.1. The molecule has 3 heterocycles. The molecule has 0 radical (unpaired) electrons. The van der Waals surface area contributed by atoms with Crippen molar-refractivity contribution in [2.45, 2.75) is 24.5 Å². The molecule has 4 rings (SSSR count). The standard InChI is InChI=1S/C19H14Cl2N4O3/c20-15-5-13(6-16(21)23-15)25-17(27)19(8-14(26)10-24(19)18(25)28)7-11-1-3-12(9-22)4-2-11/h1-6,14,26H,7-8,10H2/t14-,19-/m1/s1. The molecule has 9 heteroatoms. The highest BCUT2D eigenvalue weighted by Gasteiger charge is 2.62. The fourth-order valence-electron chi connectivity index (χ4n) is 3.92. The molecule has 0 bridgehead atoms. The minimum Gasteiger partial charge on any atom is -0.391 e. The van der Waals surface area contributed by atoms with E-state index in [1.54, 1.807) is 24.3 Å². The van der Waals surface area contributed by atoms with E-state index in [-0.39, 0.29) is 35.4 Å². The number of anilines is 1. The van der Waals surface area contributed by atoms with E-state index in [1.807, 2.05) is 6.07 Å². The predicted octanol–water partition coefficient (Wildman–Crippen LogP) is 2.77. The lowest BCUT2D eigenvalue weighted by Gasteiger charge is -2.28. The van der Waals surface area contributed by atoms with Gasteiger partial charge in [0.1, 0.15) is 15.8 Å². The number of β-amino-alcohol motifs (C(OH)–C–C–N with tert-alkyl or cyclic N) is 1. The number of pyridine rings is 1. The van der Waals surface area contributed by atoms with Crippen LogP contribution in [0.5, 0.6) is 0 Å². The van der Waals surface area contributed by atoms with E-state index < -0.39 is 23.6 Å². The first-order valence-electron chi connectivity index (χ1n) is 8.50. The number of hydrogen-bond acceptors (Lipinski definition) is 5. The highest BCUT2D eigenvalue weighted by atomic mass is 35.5. The number of aromatic nitrogens is 1. The Morgan fingerprint density at radius 2 is 1.86 bits per heavy atom. The fraction of sp³-hybridized carbons (Fsp3) is 0.263. The Labute approximate surface area is 170 Å². The highest BCUT2D eigenvalue weighted by Crippen LogP contribution is 2.42. The molecule has 0 saturated carbocycles. The second-order valence-electron chi connectivity index (χ2n) is 6.88. The Kier molecular flexibility index (Phi) is 4.50. The van der Waals surface area contributed by atoms with Gasteiger partial charge in [0.25, 0.3) is 5.91 Å². The summed E-state index contributed by atoms with van der Waals surface area (Å²) in [4.78, 5) is 32.7. The van der Waals surface area contributed by atoms with Gasteiger partial charge in [-0.2, -0.15) is 5.26 Å². The van der Waals surface area contributed by atoms with Crippen LogP contribution >= 0.6 is 23.2 Å². The zero-order valence-electron chi connectivity index (χ0n) is 14.5. The molecule has 2 aromatic rings. The van der Waals surface area contributed by atoms with Gasteiger partial charge >= 0.3 is 6.03 Å². The van der Waals surface area contributed by atoms with Gasteiger partial charge in [0, 0.05) is 19.4 Å². The Morgan fingerprint density at radius 1 is 1.21 bits per heavy atom. The first-order valence-corrected chi connectivity index (χ1v) is 9.26. The Morgan fingerprint density at radius 3 is 2.46 bits per heavy atom. The van der Waals surface area contributed by atoms with Crippen LogP contribution in [-0.2, 0) is 11.2 Å². The molecule has 0 unspecified atom stereocenters. The summed E-state index contributed by atoms with van der Waals surface area (Å²) in [5.74, 6) is -0.447. The Bertz CT molecular complexity index is 1000. The normalized spacial score (nSPS) is 23.9. The van der Waals surface area contributed by atoms with Gasteiger partial charge in [0.05, 0.1) is 23.4 Å². The summed E-state index contributed by atoms with van der Waals surface area (Å²) in [6.07, 6.45) is -0.442. The van der Waals surface area contributed by atoms with Gasteiger partial charge in [-0.15, -0.1) is 0 Å². The number of carbonyl (C=O) groups is 2. The molecular formula is C19H14Cl2N4O3. The van der Waals surface area contributed by atoms with Crippen LogP contribution in [-0.4, -0.2) is 45.1 Å². The number of carbonyl (C=O) groups excluding carboxylic acids is 2. The van der Waals surface area contributed by atoms with Gasteiger partial charge in [0.2, 0.25) is 0 Å². The Balaban J connectivity index is 1.74. The number of urea groups is 1. The summed E-state index contributed by atoms with van der Waals surface area (Å²) in [5.41, 5.74) is 0.323. The molecule has 7 nitrogen and oxygen atoms in total. The van der Waals surface area contributed by atoms with E-state index in [2.05, 4.69) is 4.98 Å². The summed E-state index contributed by atoms with van der Waals surface area (Å²) < 4.78 is 0. The second-order valence-corrected chi connectivity index (χ2v) is 7.65. The minimum absolute atomic E-state index is 0.0594. The third-order valence-corrected chi connectivity index (χ3v) is 5.48. The predicted molar refractivity (Wildman–Crippen MR) is 102 cm³/mol. The molecule has 2 fully saturated rings. The maximum absolute atomic E-state index is 13.4. The number of nitrogens with zero attached hydrogens (tertiary/aromatic N) is 4. The molecule has 28 heavy (non-hydrogen) atoms. The van der Waals surface area contributed by atoms with E-state index in [4.69, 9.17) is 28.5 Å². The maximum Gasteiger partial charge on any atom is 0.332 e. The number of halogens is 2. The van der Waals surface area contributed by atoms with Gasteiger partial charge < -0.3 is 10.0 Å². The van der Waals surface area contributed by atoms with Crippen molar-refractivity contribution < 1.29 is 14.7 Å². The number of benzene rings is 1. The van der Waals surface area contributed by atoms with E-state index in [0.717, 1.165) is 10.5 Å². The molecule has 2 saturated heterocycles. The smallest absolute Gasteiger partial charge is 0.332 e. The largest absolute Gasteiger partial charge is 0.391 e. The van der Waals surface area contributed by atoms with Crippen molar-refractivity contribution in [1.82, 2.24) is 9.88 Å². The molecule has 0 spiro atoms. The van der Waals surface area contributed by atoms with Crippen LogP contribution in [0.15, 0.2) is 36.4 Å². The van der Waals surface area contributed by atoms with Crippen molar-refractivity contribution >= 4 is 40.8 Å². The summed E-state index contributed by atoms with van der Waals surface area (Å²) in [7, 11) is 0. The molecule has 3 amide bonds. The van der Waals surface area contributed by atoms with Crippen molar-refractivity contribution in [1.29, 1.82) is 5.26 Å². The minimum atomic E-state index is -1.20. The zero-order valence-corrected chi connectivity index (χ0v) is 16.0. The number of rotatable bonds is 3. The average molecular weight is 417 g/mol. The summed E-state index contributed by atoms with van der Waals surface area (Å²) >= 11 is 11.9. The first kappa shape index (κ1) is 18.7. The van der Waals surface area contributed by atoms with Crippen molar-refractivity contribution in [2.24, 2.45) is 0 Å². The summed E-state index contributed by atoms with van der Waals surface area (Å²) in [5, 5.41) is 19.3. The molecule has 142 valence electrons. The molecule has 2 aliphatic heterocycles. The number of hydrogen-bond donors (Lipinski definition) is 1. The van der Waals surface area contributed by atoms with Gasteiger partial charge in [-0.1, -0.05) is 35.3 Å². The molecule has 1 aromatic heterocycles. The van der Waals surface area contributed by atoms with E-state index in [1.165, 1.54) is 17.0 Å². The van der Waals surface area contributed by atoms with Crippen LogP contribution in [0.3, 0.4) is 0 Å². The fourth-order valence-corrected chi connectivity index (χ4v) is 4.37. The Hall–Kier alpha value is -2.66. The van der Waals surface area contributed by atoms with Crippen LogP contribution in [0.4, 0.5) is 10.5 Å². The van der Waals surface area contributed by atoms with Gasteiger partial charge in [-0.3, -0.25) is 4.79 Å². The van der Waals surface area contributed by atoms with Crippen LogP contribution < -0.4 is 4.90 Å². The molecule has 2 aliphatic rings. The van der Waals surface area contributed by atoms with Gasteiger partial charge in [0.15, 0.2) is 0 Å². The van der Waals surface area contributed by atoms with Crippen molar-refractivity contribution in [3.63, 3.8) is 0 Å². The van der Waals surface area contributed by atoms with Gasteiger partial charge in [-0.05, 0) is 29.8 Å². The molecule has 2 atom stereocenters. The van der Waals surface area contributed by atoms with Crippen molar-refractivity contribution in [3.05, 3.63) is 57.8 Å². The lowest BCUT2D eigenvalue weighted by molar-refractivity contribution is -0.124. The maximum atomic E-state index is 13.4. The topological polar surface area (TPSA) is 97.5 Å². The monoisotopic (exact) mass is 416 g/mol. The van der Waals surface area contributed by atoms with Gasteiger partial charge in [-0.25, -0.2) is 14.7 Å². The van der Waals surface area contributed by atoms with Crippen LogP contribution in [0, 0.1) is 11.3 Å². The molecule has 1 N–H and O–H groups in total. The quantitative estimate of drug-likeness (QED) is 0.612. The van der Waals surface area contributed by atoms with Crippen molar-refractivity contribution in [3.8, 4) is 6.07 Å². The summed E-state index contributed by atoms with van der Waals surface area (Å²) in [6.45, 7) is 0.0594. The SMILES string of the molecule is N#Cc1ccc(C[C@]23C[C@@H](O)CN2C(=O)N(c2cc(Cl)nc(Cl)c2)C3=O)cc1. The van der Waals surface area contributed by atoms with E-state index in [0.29, 0.717) is 5.56 Å². The molecule has 0 aliphatic carbocycles. The van der Waals surface area contributed by atoms with E-state index in [9.17, 15) is 14.7 Å². The lowest BCUT2D eigenvalue weighted by Crippen LogP contribution is -2.47. The zero-order chi connectivity index (χ0) is 20.1. The third kappa shape index (κ3) is 2.90. The first-order chi connectivity index (χ1) is 13.3. The van der Waals surface area contributed by atoms with Crippen LogP contribution in [0.1, 0.15) is 17.5 Å². The van der Waals surface area contributed by atoms with Crippen LogP contribution in [0.25, 0.3) is 0 Å². The highest BCUT2D eigenvalue weighted by molar-refractivity contribution is 6.33. The third-order valence-electron chi connectivity index (χ3n) is 5.09. The van der Waals surface area contributed by atoms with E-state index >= 15 is 0 Å². The van der Waals surface area contributed by atoms with Crippen molar-refractivity contribution in [2.75, 3.05) is 11.4 Å².